The number of aromatic nitrogens is 3. The Morgan fingerprint density at radius 3 is 2.79 bits per heavy atom. The first kappa shape index (κ1) is 13.0. The van der Waals surface area contributed by atoms with Crippen LogP contribution in [0.3, 0.4) is 0 Å². The number of pyridine rings is 1. The number of nitro groups is 1. The van der Waals surface area contributed by atoms with Crippen LogP contribution in [0.4, 0.5) is 11.5 Å². The quantitative estimate of drug-likeness (QED) is 0.671. The normalized spacial score (nSPS) is 10.5. The van der Waals surface area contributed by atoms with E-state index in [0.717, 1.165) is 11.3 Å². The molecule has 0 spiro atoms. The number of nitrogens with zero attached hydrogens (tertiary/aromatic N) is 4. The minimum atomic E-state index is -0.405. The second-order valence-corrected chi connectivity index (χ2v) is 4.38. The highest BCUT2D eigenvalue weighted by Gasteiger charge is 2.12. The Bertz CT molecular complexity index is 621. The van der Waals surface area contributed by atoms with Gasteiger partial charge in [-0.2, -0.15) is 5.10 Å². The van der Waals surface area contributed by atoms with Gasteiger partial charge in [0.2, 0.25) is 0 Å². The molecule has 0 aliphatic carbocycles. The largest absolute Gasteiger partial charge is 0.366 e. The molecule has 2 rings (SSSR count). The van der Waals surface area contributed by atoms with E-state index in [1.165, 1.54) is 12.3 Å². The molecular formula is C12H15N5O2. The summed E-state index contributed by atoms with van der Waals surface area (Å²) in [5.41, 5.74) is 2.58. The molecule has 0 aromatic carbocycles. The van der Waals surface area contributed by atoms with Gasteiger partial charge in [-0.3, -0.25) is 14.8 Å². The first-order valence-electron chi connectivity index (χ1n) is 5.81. The van der Waals surface area contributed by atoms with E-state index >= 15 is 0 Å². The van der Waals surface area contributed by atoms with Gasteiger partial charge in [-0.25, -0.2) is 4.98 Å². The van der Waals surface area contributed by atoms with Crippen LogP contribution in [0.2, 0.25) is 0 Å². The van der Waals surface area contributed by atoms with E-state index < -0.39 is 4.92 Å². The third-order valence-electron chi connectivity index (χ3n) is 2.85. The van der Waals surface area contributed by atoms with Crippen LogP contribution < -0.4 is 5.32 Å². The van der Waals surface area contributed by atoms with Crippen molar-refractivity contribution >= 4 is 11.5 Å². The van der Waals surface area contributed by atoms with E-state index in [-0.39, 0.29) is 5.69 Å². The highest BCUT2D eigenvalue weighted by molar-refractivity contribution is 5.49. The fourth-order valence-electron chi connectivity index (χ4n) is 1.81. The highest BCUT2D eigenvalue weighted by atomic mass is 16.6. The SMILES string of the molecule is Cc1cnc(NCc2cn(C)nc2C)cc1[N+](=O)[O-]. The molecule has 0 aliphatic heterocycles. The van der Waals surface area contributed by atoms with Gasteiger partial charge in [0.25, 0.3) is 5.69 Å². The maximum atomic E-state index is 10.8. The van der Waals surface area contributed by atoms with Crippen LogP contribution in [-0.4, -0.2) is 19.7 Å². The smallest absolute Gasteiger partial charge is 0.277 e. The van der Waals surface area contributed by atoms with Gasteiger partial charge in [0.15, 0.2) is 0 Å². The lowest BCUT2D eigenvalue weighted by Crippen LogP contribution is -2.03. The van der Waals surface area contributed by atoms with E-state index in [9.17, 15) is 10.1 Å². The van der Waals surface area contributed by atoms with Gasteiger partial charge in [-0.05, 0) is 13.8 Å². The van der Waals surface area contributed by atoms with Crippen LogP contribution in [0.5, 0.6) is 0 Å². The van der Waals surface area contributed by atoms with Gasteiger partial charge in [-0.1, -0.05) is 0 Å². The van der Waals surface area contributed by atoms with E-state index in [2.05, 4.69) is 15.4 Å². The van der Waals surface area contributed by atoms with Gasteiger partial charge < -0.3 is 5.32 Å². The third kappa shape index (κ3) is 2.87. The molecule has 0 atom stereocenters. The number of hydrogen-bond donors (Lipinski definition) is 1. The van der Waals surface area contributed by atoms with Crippen molar-refractivity contribution in [1.29, 1.82) is 0 Å². The zero-order valence-electron chi connectivity index (χ0n) is 11.0. The zero-order valence-corrected chi connectivity index (χ0v) is 11.0. The Labute approximate surface area is 110 Å². The summed E-state index contributed by atoms with van der Waals surface area (Å²) in [6, 6.07) is 1.45. The summed E-state index contributed by atoms with van der Waals surface area (Å²) in [4.78, 5) is 14.6. The maximum Gasteiger partial charge on any atom is 0.277 e. The van der Waals surface area contributed by atoms with E-state index in [0.29, 0.717) is 17.9 Å². The van der Waals surface area contributed by atoms with E-state index in [4.69, 9.17) is 0 Å². The summed E-state index contributed by atoms with van der Waals surface area (Å²) >= 11 is 0. The Hall–Kier alpha value is -2.44. The molecule has 19 heavy (non-hydrogen) atoms. The fraction of sp³-hybridized carbons (Fsp3) is 0.333. The van der Waals surface area contributed by atoms with Crippen molar-refractivity contribution in [3.63, 3.8) is 0 Å². The Morgan fingerprint density at radius 2 is 2.21 bits per heavy atom. The predicted octanol–water partition coefficient (Wildman–Crippen LogP) is 1.95. The molecule has 0 aliphatic rings. The van der Waals surface area contributed by atoms with Crippen LogP contribution in [-0.2, 0) is 13.6 Å². The van der Waals surface area contributed by atoms with E-state index in [1.54, 1.807) is 11.6 Å². The summed E-state index contributed by atoms with van der Waals surface area (Å²) in [6.07, 6.45) is 3.40. The summed E-state index contributed by atoms with van der Waals surface area (Å²) in [5.74, 6) is 0.487. The van der Waals surface area contributed by atoms with Gasteiger partial charge in [0, 0.05) is 37.1 Å². The summed E-state index contributed by atoms with van der Waals surface area (Å²) in [7, 11) is 1.85. The molecule has 1 N–H and O–H groups in total. The zero-order chi connectivity index (χ0) is 14.0. The molecule has 0 radical (unpaired) electrons. The lowest BCUT2D eigenvalue weighted by atomic mass is 10.2. The molecule has 2 heterocycles. The Balaban J connectivity index is 2.14. The minimum absolute atomic E-state index is 0.0698. The van der Waals surface area contributed by atoms with Crippen LogP contribution in [0, 0.1) is 24.0 Å². The van der Waals surface area contributed by atoms with Gasteiger partial charge in [0.05, 0.1) is 16.7 Å². The second kappa shape index (κ2) is 5.05. The topological polar surface area (TPSA) is 85.9 Å². The lowest BCUT2D eigenvalue weighted by molar-refractivity contribution is -0.385. The van der Waals surface area contributed by atoms with Crippen LogP contribution in [0.1, 0.15) is 16.8 Å². The van der Waals surface area contributed by atoms with Crippen molar-refractivity contribution in [2.45, 2.75) is 20.4 Å². The van der Waals surface area contributed by atoms with Gasteiger partial charge in [0.1, 0.15) is 5.82 Å². The van der Waals surface area contributed by atoms with Gasteiger partial charge in [-0.15, -0.1) is 0 Å². The van der Waals surface area contributed by atoms with Gasteiger partial charge >= 0.3 is 0 Å². The Kier molecular flexibility index (Phi) is 3.46. The molecular weight excluding hydrogens is 246 g/mol. The Morgan fingerprint density at radius 1 is 1.47 bits per heavy atom. The first-order valence-corrected chi connectivity index (χ1v) is 5.81. The van der Waals surface area contributed by atoms with Crippen molar-refractivity contribution < 1.29 is 4.92 Å². The highest BCUT2D eigenvalue weighted by Crippen LogP contribution is 2.20. The average molecular weight is 261 g/mol. The predicted molar refractivity (Wildman–Crippen MR) is 70.9 cm³/mol. The number of nitrogens with one attached hydrogen (secondary N) is 1. The van der Waals surface area contributed by atoms with Crippen LogP contribution in [0.15, 0.2) is 18.5 Å². The van der Waals surface area contributed by atoms with Crippen molar-refractivity contribution in [1.82, 2.24) is 14.8 Å². The number of hydrogen-bond acceptors (Lipinski definition) is 5. The van der Waals surface area contributed by atoms with Crippen molar-refractivity contribution in [2.24, 2.45) is 7.05 Å². The minimum Gasteiger partial charge on any atom is -0.366 e. The average Bonchev–Trinajstić information content (AvgIpc) is 2.66. The van der Waals surface area contributed by atoms with Crippen molar-refractivity contribution in [3.8, 4) is 0 Å². The third-order valence-corrected chi connectivity index (χ3v) is 2.85. The molecule has 7 heteroatoms. The standard InChI is InChI=1S/C12H15N5O2/c1-8-5-13-12(4-11(8)17(18)19)14-6-10-7-16(3)15-9(10)2/h4-5,7H,6H2,1-3H3,(H,13,14). The summed E-state index contributed by atoms with van der Waals surface area (Å²) < 4.78 is 1.73. The van der Waals surface area contributed by atoms with E-state index in [1.807, 2.05) is 20.2 Å². The lowest BCUT2D eigenvalue weighted by Gasteiger charge is -2.05. The summed E-state index contributed by atoms with van der Waals surface area (Å²) in [6.45, 7) is 4.12. The van der Waals surface area contributed by atoms with Crippen molar-refractivity contribution in [2.75, 3.05) is 5.32 Å². The molecule has 0 fully saturated rings. The molecule has 0 bridgehead atoms. The number of aryl methyl sites for hydroxylation is 3. The number of rotatable bonds is 4. The second-order valence-electron chi connectivity index (χ2n) is 4.38. The van der Waals surface area contributed by atoms with Crippen LogP contribution in [0.25, 0.3) is 0 Å². The first-order chi connectivity index (χ1) is 8.97. The molecule has 7 nitrogen and oxygen atoms in total. The fourth-order valence-corrected chi connectivity index (χ4v) is 1.81. The molecule has 2 aromatic rings. The molecule has 0 unspecified atom stereocenters. The molecule has 0 amide bonds. The van der Waals surface area contributed by atoms with Crippen LogP contribution >= 0.6 is 0 Å². The monoisotopic (exact) mass is 261 g/mol. The molecule has 0 saturated carbocycles. The summed E-state index contributed by atoms with van der Waals surface area (Å²) in [5, 5.41) is 18.1. The molecule has 100 valence electrons. The molecule has 0 saturated heterocycles. The maximum absolute atomic E-state index is 10.8. The van der Waals surface area contributed by atoms with Crippen molar-refractivity contribution in [3.05, 3.63) is 45.4 Å². The molecule has 2 aromatic heterocycles. The number of anilines is 1.